The quantitative estimate of drug-likeness (QED) is 0.866. The van der Waals surface area contributed by atoms with Crippen LogP contribution in [-0.2, 0) is 4.74 Å². The van der Waals surface area contributed by atoms with Gasteiger partial charge in [0.05, 0.1) is 16.2 Å². The van der Waals surface area contributed by atoms with Crippen molar-refractivity contribution in [2.24, 2.45) is 0 Å². The third kappa shape index (κ3) is 3.32. The predicted octanol–water partition coefficient (Wildman–Crippen LogP) is 3.63. The number of hydrogen-bond acceptors (Lipinski definition) is 4. The number of halogens is 1. The Bertz CT molecular complexity index is 623. The van der Waals surface area contributed by atoms with Crippen molar-refractivity contribution in [1.29, 1.82) is 0 Å². The Morgan fingerprint density at radius 3 is 2.63 bits per heavy atom. The molecule has 1 amide bonds. The molecule has 0 saturated carbocycles. The molecule has 5 nitrogen and oxygen atoms in total. The molecule has 0 fully saturated rings. The van der Waals surface area contributed by atoms with E-state index in [1.807, 2.05) is 0 Å². The fourth-order valence-corrected chi connectivity index (χ4v) is 1.74. The van der Waals surface area contributed by atoms with Gasteiger partial charge in [-0.05, 0) is 32.9 Å². The first kappa shape index (κ1) is 13.5. The van der Waals surface area contributed by atoms with E-state index in [2.05, 4.69) is 15.3 Å². The lowest BCUT2D eigenvalue weighted by Crippen LogP contribution is -2.27. The zero-order valence-electron chi connectivity index (χ0n) is 10.9. The number of carbonyl (C=O) groups excluding carboxylic acids is 1. The molecule has 2 aromatic rings. The lowest BCUT2D eigenvalue weighted by atomic mass is 10.2. The summed E-state index contributed by atoms with van der Waals surface area (Å²) in [4.78, 5) is 20.1. The molecule has 19 heavy (non-hydrogen) atoms. The van der Waals surface area contributed by atoms with E-state index in [1.165, 1.54) is 0 Å². The van der Waals surface area contributed by atoms with Crippen LogP contribution in [0.5, 0.6) is 0 Å². The zero-order valence-corrected chi connectivity index (χ0v) is 11.7. The third-order valence-corrected chi connectivity index (χ3v) is 2.53. The number of nitrogens with zero attached hydrogens (tertiary/aromatic N) is 2. The number of rotatable bonds is 1. The molecule has 1 N–H and O–H groups in total. The normalized spacial score (nSPS) is 11.4. The molecule has 6 heteroatoms. The Morgan fingerprint density at radius 1 is 1.26 bits per heavy atom. The van der Waals surface area contributed by atoms with Crippen molar-refractivity contribution in [3.8, 4) is 0 Å². The van der Waals surface area contributed by atoms with Crippen LogP contribution in [0.3, 0.4) is 0 Å². The van der Waals surface area contributed by atoms with E-state index in [-0.39, 0.29) is 0 Å². The molecule has 1 aromatic carbocycles. The number of ether oxygens (including phenoxy) is 1. The first-order valence-electron chi connectivity index (χ1n) is 5.76. The van der Waals surface area contributed by atoms with Crippen molar-refractivity contribution in [3.05, 3.63) is 29.5 Å². The Hall–Kier alpha value is -1.88. The molecule has 0 aliphatic rings. The second-order valence-electron chi connectivity index (χ2n) is 4.97. The molecular weight excluding hydrogens is 266 g/mol. The van der Waals surface area contributed by atoms with Crippen LogP contribution in [0.25, 0.3) is 11.0 Å². The van der Waals surface area contributed by atoms with Gasteiger partial charge in [0.1, 0.15) is 11.1 Å². The number of fused-ring (bicyclic) bond motifs is 1. The minimum absolute atomic E-state index is 0.388. The molecule has 0 aliphatic carbocycles. The van der Waals surface area contributed by atoms with Gasteiger partial charge in [-0.1, -0.05) is 11.6 Å². The molecule has 0 atom stereocenters. The topological polar surface area (TPSA) is 64.1 Å². The van der Waals surface area contributed by atoms with Gasteiger partial charge in [-0.3, -0.25) is 15.3 Å². The van der Waals surface area contributed by atoms with Crippen molar-refractivity contribution in [2.45, 2.75) is 26.4 Å². The van der Waals surface area contributed by atoms with Crippen LogP contribution in [0.4, 0.5) is 10.5 Å². The van der Waals surface area contributed by atoms with E-state index in [0.29, 0.717) is 21.7 Å². The highest BCUT2D eigenvalue weighted by Gasteiger charge is 2.18. The van der Waals surface area contributed by atoms with Crippen molar-refractivity contribution in [3.63, 3.8) is 0 Å². The Kier molecular flexibility index (Phi) is 3.57. The molecule has 1 heterocycles. The van der Waals surface area contributed by atoms with Gasteiger partial charge in [-0.15, -0.1) is 0 Å². The van der Waals surface area contributed by atoms with Crippen LogP contribution in [0, 0.1) is 0 Å². The second kappa shape index (κ2) is 5.01. The van der Waals surface area contributed by atoms with Crippen LogP contribution in [0.15, 0.2) is 24.5 Å². The van der Waals surface area contributed by atoms with Gasteiger partial charge in [0.25, 0.3) is 0 Å². The molecule has 0 unspecified atom stereocenters. The smallest absolute Gasteiger partial charge is 0.412 e. The van der Waals surface area contributed by atoms with Crippen LogP contribution >= 0.6 is 11.6 Å². The SMILES string of the molecule is CC(C)(C)OC(=O)Nc1c(Cl)ccc2nccnc12. The maximum Gasteiger partial charge on any atom is 0.412 e. The Labute approximate surface area is 116 Å². The summed E-state index contributed by atoms with van der Waals surface area (Å²) in [5.41, 5.74) is 1.01. The standard InChI is InChI=1S/C13H14ClN3O2/c1-13(2,3)19-12(18)17-10-8(14)4-5-9-11(10)16-7-6-15-9/h4-7H,1-3H3,(H,17,18). The van der Waals surface area contributed by atoms with E-state index < -0.39 is 11.7 Å². The number of amides is 1. The van der Waals surface area contributed by atoms with E-state index in [1.54, 1.807) is 45.3 Å². The van der Waals surface area contributed by atoms with Crippen LogP contribution in [-0.4, -0.2) is 21.7 Å². The van der Waals surface area contributed by atoms with Crippen LogP contribution < -0.4 is 5.32 Å². The summed E-state index contributed by atoms with van der Waals surface area (Å²) < 4.78 is 5.19. The molecule has 0 bridgehead atoms. The van der Waals surface area contributed by atoms with Gasteiger partial charge < -0.3 is 4.74 Å². The molecule has 0 saturated heterocycles. The van der Waals surface area contributed by atoms with Gasteiger partial charge >= 0.3 is 6.09 Å². The summed E-state index contributed by atoms with van der Waals surface area (Å²) in [6, 6.07) is 3.40. The molecular formula is C13H14ClN3O2. The van der Waals surface area contributed by atoms with Gasteiger partial charge in [-0.25, -0.2) is 4.79 Å². The van der Waals surface area contributed by atoms with E-state index in [4.69, 9.17) is 16.3 Å². The predicted molar refractivity (Wildman–Crippen MR) is 74.4 cm³/mol. The maximum absolute atomic E-state index is 11.8. The van der Waals surface area contributed by atoms with Gasteiger partial charge in [-0.2, -0.15) is 0 Å². The van der Waals surface area contributed by atoms with Gasteiger partial charge in [0, 0.05) is 12.4 Å². The molecule has 0 radical (unpaired) electrons. The fourth-order valence-electron chi connectivity index (χ4n) is 1.54. The summed E-state index contributed by atoms with van der Waals surface area (Å²) in [7, 11) is 0. The number of aromatic nitrogens is 2. The second-order valence-corrected chi connectivity index (χ2v) is 5.38. The summed E-state index contributed by atoms with van der Waals surface area (Å²) in [6.45, 7) is 5.37. The monoisotopic (exact) mass is 279 g/mol. The highest BCUT2D eigenvalue weighted by atomic mass is 35.5. The summed E-state index contributed by atoms with van der Waals surface area (Å²) in [5, 5.41) is 3.00. The average molecular weight is 280 g/mol. The van der Waals surface area contributed by atoms with Gasteiger partial charge in [0.2, 0.25) is 0 Å². The van der Waals surface area contributed by atoms with Crippen molar-refractivity contribution < 1.29 is 9.53 Å². The van der Waals surface area contributed by atoms with Crippen LogP contribution in [0.2, 0.25) is 5.02 Å². The average Bonchev–Trinajstić information content (AvgIpc) is 2.31. The number of nitrogens with one attached hydrogen (secondary N) is 1. The Balaban J connectivity index is 2.34. The molecule has 0 spiro atoms. The first-order valence-corrected chi connectivity index (χ1v) is 6.14. The summed E-state index contributed by atoms with van der Waals surface area (Å²) >= 11 is 6.08. The lowest BCUT2D eigenvalue weighted by molar-refractivity contribution is 0.0636. The van der Waals surface area contributed by atoms with E-state index in [0.717, 1.165) is 0 Å². The third-order valence-electron chi connectivity index (χ3n) is 2.22. The van der Waals surface area contributed by atoms with E-state index >= 15 is 0 Å². The van der Waals surface area contributed by atoms with Crippen molar-refractivity contribution in [2.75, 3.05) is 5.32 Å². The maximum atomic E-state index is 11.8. The zero-order chi connectivity index (χ0) is 14.0. The number of anilines is 1. The van der Waals surface area contributed by atoms with E-state index in [9.17, 15) is 4.79 Å². The van der Waals surface area contributed by atoms with Crippen molar-refractivity contribution in [1.82, 2.24) is 9.97 Å². The minimum Gasteiger partial charge on any atom is -0.444 e. The summed E-state index contributed by atoms with van der Waals surface area (Å²) in [6.07, 6.45) is 2.54. The van der Waals surface area contributed by atoms with Crippen molar-refractivity contribution >= 4 is 34.4 Å². The van der Waals surface area contributed by atoms with Crippen LogP contribution in [0.1, 0.15) is 20.8 Å². The number of benzene rings is 1. The number of carbonyl (C=O) groups is 1. The molecule has 100 valence electrons. The minimum atomic E-state index is -0.577. The Morgan fingerprint density at radius 2 is 1.95 bits per heavy atom. The molecule has 0 aliphatic heterocycles. The molecule has 1 aromatic heterocycles. The highest BCUT2D eigenvalue weighted by Crippen LogP contribution is 2.29. The lowest BCUT2D eigenvalue weighted by Gasteiger charge is -2.20. The fraction of sp³-hybridized carbons (Fsp3) is 0.308. The van der Waals surface area contributed by atoms with Gasteiger partial charge in [0.15, 0.2) is 0 Å². The summed E-state index contributed by atoms with van der Waals surface area (Å²) in [5.74, 6) is 0. The number of hydrogen-bond donors (Lipinski definition) is 1. The first-order chi connectivity index (χ1) is 8.87. The highest BCUT2D eigenvalue weighted by molar-refractivity contribution is 6.35. The largest absolute Gasteiger partial charge is 0.444 e. The molecule has 2 rings (SSSR count).